The number of nitrogens with zero attached hydrogens (tertiary/aromatic N) is 2. The molecule has 1 fully saturated rings. The van der Waals surface area contributed by atoms with Crippen LogP contribution >= 0.6 is 11.8 Å². The maximum absolute atomic E-state index is 8.43. The summed E-state index contributed by atoms with van der Waals surface area (Å²) in [6.45, 7) is 8.07. The van der Waals surface area contributed by atoms with Gasteiger partial charge in [0.2, 0.25) is 0 Å². The Morgan fingerprint density at radius 2 is 2.00 bits per heavy atom. The third kappa shape index (κ3) is 4.02. The first-order chi connectivity index (χ1) is 6.22. The Balaban J connectivity index is 2.22. The molecule has 13 heavy (non-hydrogen) atoms. The predicted octanol–water partition coefficient (Wildman–Crippen LogP) is 2.12. The second kappa shape index (κ2) is 5.51. The second-order valence-electron chi connectivity index (χ2n) is 3.78. The summed E-state index contributed by atoms with van der Waals surface area (Å²) >= 11 is 2.08. The van der Waals surface area contributed by atoms with Gasteiger partial charge in [0, 0.05) is 30.0 Å². The van der Waals surface area contributed by atoms with E-state index >= 15 is 0 Å². The van der Waals surface area contributed by atoms with Crippen LogP contribution in [0.5, 0.6) is 0 Å². The van der Waals surface area contributed by atoms with Crippen molar-refractivity contribution in [1.29, 1.82) is 5.26 Å². The van der Waals surface area contributed by atoms with E-state index in [4.69, 9.17) is 5.26 Å². The van der Waals surface area contributed by atoms with Gasteiger partial charge in [-0.05, 0) is 13.0 Å². The summed E-state index contributed by atoms with van der Waals surface area (Å²) < 4.78 is 0. The third-order valence-electron chi connectivity index (χ3n) is 2.26. The van der Waals surface area contributed by atoms with E-state index in [2.05, 4.69) is 36.6 Å². The maximum Gasteiger partial charge on any atom is 0.0622 e. The molecule has 2 atom stereocenters. The van der Waals surface area contributed by atoms with Gasteiger partial charge in [-0.15, -0.1) is 0 Å². The highest BCUT2D eigenvalue weighted by atomic mass is 32.2. The van der Waals surface area contributed by atoms with E-state index in [1.54, 1.807) is 0 Å². The molecular weight excluding hydrogens is 180 g/mol. The van der Waals surface area contributed by atoms with Gasteiger partial charge in [0.05, 0.1) is 6.07 Å². The molecule has 2 nitrogen and oxygen atoms in total. The van der Waals surface area contributed by atoms with Crippen LogP contribution < -0.4 is 0 Å². The first kappa shape index (κ1) is 10.9. The zero-order chi connectivity index (χ0) is 9.68. The number of thioether (sulfide) groups is 1. The normalized spacial score (nSPS) is 29.9. The van der Waals surface area contributed by atoms with Gasteiger partial charge in [0.1, 0.15) is 0 Å². The summed E-state index contributed by atoms with van der Waals surface area (Å²) in [4.78, 5) is 2.49. The van der Waals surface area contributed by atoms with E-state index in [1.165, 1.54) is 13.1 Å². The lowest BCUT2D eigenvalue weighted by molar-refractivity contribution is 0.269. The van der Waals surface area contributed by atoms with Crippen LogP contribution in [0.1, 0.15) is 26.7 Å². The third-order valence-corrected chi connectivity index (χ3v) is 3.49. The minimum atomic E-state index is 0.701. The van der Waals surface area contributed by atoms with Crippen molar-refractivity contribution < 1.29 is 0 Å². The van der Waals surface area contributed by atoms with Crippen molar-refractivity contribution in [2.45, 2.75) is 37.2 Å². The molecule has 3 heteroatoms. The van der Waals surface area contributed by atoms with Crippen LogP contribution in [0, 0.1) is 11.3 Å². The molecule has 0 aliphatic carbocycles. The molecule has 0 N–H and O–H groups in total. The molecule has 0 spiro atoms. The lowest BCUT2D eigenvalue weighted by Crippen LogP contribution is -2.40. The largest absolute Gasteiger partial charge is 0.301 e. The van der Waals surface area contributed by atoms with Crippen LogP contribution in [0.15, 0.2) is 0 Å². The first-order valence-corrected chi connectivity index (χ1v) is 5.91. The lowest BCUT2D eigenvalue weighted by Gasteiger charge is -2.34. The van der Waals surface area contributed by atoms with Crippen LogP contribution in [-0.2, 0) is 0 Å². The monoisotopic (exact) mass is 198 g/mol. The fraction of sp³-hybridized carbons (Fsp3) is 0.900. The molecule has 1 aliphatic heterocycles. The van der Waals surface area contributed by atoms with Gasteiger partial charge in [-0.3, -0.25) is 0 Å². The Bertz CT molecular complexity index is 178. The van der Waals surface area contributed by atoms with Gasteiger partial charge in [0.15, 0.2) is 0 Å². The maximum atomic E-state index is 8.43. The average Bonchev–Trinajstić information content (AvgIpc) is 2.03. The van der Waals surface area contributed by atoms with Gasteiger partial charge < -0.3 is 4.90 Å². The molecule has 1 saturated heterocycles. The van der Waals surface area contributed by atoms with Gasteiger partial charge in [0.25, 0.3) is 0 Å². The average molecular weight is 198 g/mol. The van der Waals surface area contributed by atoms with Crippen LogP contribution in [0.2, 0.25) is 0 Å². The Labute approximate surface area is 85.3 Å². The second-order valence-corrected chi connectivity index (χ2v) is 5.66. The molecule has 74 valence electrons. The topological polar surface area (TPSA) is 27.0 Å². The number of nitriles is 1. The van der Waals surface area contributed by atoms with E-state index in [0.717, 1.165) is 23.5 Å². The minimum Gasteiger partial charge on any atom is -0.301 e. The number of hydrogen-bond acceptors (Lipinski definition) is 3. The molecule has 1 heterocycles. The van der Waals surface area contributed by atoms with Crippen LogP contribution in [-0.4, -0.2) is 35.0 Å². The van der Waals surface area contributed by atoms with Crippen molar-refractivity contribution in [1.82, 2.24) is 4.90 Å². The van der Waals surface area contributed by atoms with Crippen molar-refractivity contribution in [2.24, 2.45) is 0 Å². The summed E-state index contributed by atoms with van der Waals surface area (Å²) in [5.74, 6) is 0. The zero-order valence-electron chi connectivity index (χ0n) is 8.49. The van der Waals surface area contributed by atoms with Crippen molar-refractivity contribution in [3.05, 3.63) is 0 Å². The van der Waals surface area contributed by atoms with Crippen LogP contribution in [0.4, 0.5) is 0 Å². The van der Waals surface area contributed by atoms with Gasteiger partial charge in [-0.2, -0.15) is 17.0 Å². The highest BCUT2D eigenvalue weighted by Gasteiger charge is 2.21. The summed E-state index contributed by atoms with van der Waals surface area (Å²) in [7, 11) is 0. The zero-order valence-corrected chi connectivity index (χ0v) is 9.31. The molecule has 0 radical (unpaired) electrons. The highest BCUT2D eigenvalue weighted by Crippen LogP contribution is 2.24. The number of unbranched alkanes of at least 4 members (excludes halogenated alkanes) is 1. The minimum absolute atomic E-state index is 0.701. The molecular formula is C10H18N2S. The van der Waals surface area contributed by atoms with Crippen molar-refractivity contribution in [3.8, 4) is 6.07 Å². The van der Waals surface area contributed by atoms with Crippen LogP contribution in [0.3, 0.4) is 0 Å². The predicted molar refractivity (Wildman–Crippen MR) is 57.8 cm³/mol. The summed E-state index contributed by atoms with van der Waals surface area (Å²) in [5, 5.41) is 9.94. The molecule has 1 aliphatic rings. The molecule has 0 aromatic rings. The van der Waals surface area contributed by atoms with Crippen molar-refractivity contribution >= 4 is 11.8 Å². The summed E-state index contributed by atoms with van der Waals surface area (Å²) in [5.41, 5.74) is 0. The van der Waals surface area contributed by atoms with Gasteiger partial charge in [-0.1, -0.05) is 13.8 Å². The van der Waals surface area contributed by atoms with Crippen LogP contribution in [0.25, 0.3) is 0 Å². The molecule has 2 unspecified atom stereocenters. The van der Waals surface area contributed by atoms with Gasteiger partial charge >= 0.3 is 0 Å². The van der Waals surface area contributed by atoms with E-state index in [-0.39, 0.29) is 0 Å². The van der Waals surface area contributed by atoms with Crippen molar-refractivity contribution in [2.75, 3.05) is 19.6 Å². The van der Waals surface area contributed by atoms with E-state index in [0.29, 0.717) is 6.42 Å². The Morgan fingerprint density at radius 1 is 1.38 bits per heavy atom. The molecule has 1 rings (SSSR count). The number of hydrogen-bond donors (Lipinski definition) is 0. The van der Waals surface area contributed by atoms with E-state index in [9.17, 15) is 0 Å². The SMILES string of the molecule is CC1CN(CCCC#N)CC(C)S1. The molecule has 0 amide bonds. The lowest BCUT2D eigenvalue weighted by atomic mass is 10.2. The van der Waals surface area contributed by atoms with E-state index in [1.807, 2.05) is 0 Å². The quantitative estimate of drug-likeness (QED) is 0.650. The Morgan fingerprint density at radius 3 is 2.54 bits per heavy atom. The molecule has 0 saturated carbocycles. The molecule has 0 aromatic carbocycles. The summed E-state index contributed by atoms with van der Waals surface area (Å²) in [6, 6.07) is 2.20. The Kier molecular flexibility index (Phi) is 4.61. The van der Waals surface area contributed by atoms with E-state index < -0.39 is 0 Å². The highest BCUT2D eigenvalue weighted by molar-refractivity contribution is 8.00. The number of rotatable bonds is 3. The summed E-state index contributed by atoms with van der Waals surface area (Å²) in [6.07, 6.45) is 1.73. The Hall–Kier alpha value is -0.200. The fourth-order valence-corrected chi connectivity index (χ4v) is 3.24. The first-order valence-electron chi connectivity index (χ1n) is 4.97. The smallest absolute Gasteiger partial charge is 0.0622 e. The molecule has 0 bridgehead atoms. The van der Waals surface area contributed by atoms with Crippen molar-refractivity contribution in [3.63, 3.8) is 0 Å². The fourth-order valence-electron chi connectivity index (χ4n) is 1.85. The van der Waals surface area contributed by atoms with Gasteiger partial charge in [-0.25, -0.2) is 0 Å². The molecule has 0 aromatic heterocycles. The standard InChI is InChI=1S/C10H18N2S/c1-9-7-12(6-4-3-5-11)8-10(2)13-9/h9-10H,3-4,6-8H2,1-2H3.